The Balaban J connectivity index is 0.00000229. The molecule has 3 aromatic rings. The molecule has 0 saturated carbocycles. The van der Waals surface area contributed by atoms with Crippen molar-refractivity contribution in [1.29, 1.82) is 0 Å². The largest absolute Gasteiger partial charge is 0.417 e. The lowest BCUT2D eigenvalue weighted by Gasteiger charge is -2.53. The molecule has 0 N–H and O–H groups in total. The minimum atomic E-state index is -1.02. The maximum atomic E-state index is 13.8. The lowest BCUT2D eigenvalue weighted by molar-refractivity contribution is -0.161. The number of fused-ring (bicyclic) bond motifs is 4. The van der Waals surface area contributed by atoms with Crippen LogP contribution in [0.2, 0.25) is 0 Å². The van der Waals surface area contributed by atoms with Crippen LogP contribution in [0.4, 0.5) is 0 Å². The number of rotatable bonds is 3. The molecule has 4 aliphatic rings. The quantitative estimate of drug-likeness (QED) is 0.459. The summed E-state index contributed by atoms with van der Waals surface area (Å²) in [6.07, 6.45) is 5.25. The topological polar surface area (TPSA) is 60.8 Å². The molecule has 1 aromatic heterocycles. The summed E-state index contributed by atoms with van der Waals surface area (Å²) >= 11 is 0. The summed E-state index contributed by atoms with van der Waals surface area (Å²) in [5.41, 5.74) is 5.12. The monoisotopic (exact) mass is 490 g/mol. The van der Waals surface area contributed by atoms with E-state index in [1.165, 1.54) is 16.6 Å². The van der Waals surface area contributed by atoms with E-state index >= 15 is 0 Å². The summed E-state index contributed by atoms with van der Waals surface area (Å²) in [4.78, 5) is 28.7. The van der Waals surface area contributed by atoms with Crippen LogP contribution in [0.5, 0.6) is 0 Å². The van der Waals surface area contributed by atoms with E-state index < -0.39 is 18.2 Å². The zero-order valence-corrected chi connectivity index (χ0v) is 20.3. The summed E-state index contributed by atoms with van der Waals surface area (Å²) in [7, 11) is 0. The van der Waals surface area contributed by atoms with Gasteiger partial charge < -0.3 is 14.0 Å². The van der Waals surface area contributed by atoms with Gasteiger partial charge in [0.2, 0.25) is 0 Å². The second-order valence-electron chi connectivity index (χ2n) is 9.85. The highest BCUT2D eigenvalue weighted by Gasteiger charge is 2.51. The number of aromatic nitrogens is 1. The molecule has 6 nitrogen and oxygen atoms in total. The van der Waals surface area contributed by atoms with E-state index in [0.29, 0.717) is 16.8 Å². The first-order valence-electron chi connectivity index (χ1n) is 12.2. The van der Waals surface area contributed by atoms with Gasteiger partial charge in [-0.2, -0.15) is 0 Å². The fourth-order valence-corrected chi connectivity index (χ4v) is 6.79. The van der Waals surface area contributed by atoms with E-state index in [1.54, 1.807) is 18.2 Å². The number of esters is 2. The number of carbonyl (C=O) groups excluding carboxylic acids is 2. The zero-order chi connectivity index (χ0) is 23.0. The van der Waals surface area contributed by atoms with Gasteiger partial charge in [0.1, 0.15) is 5.70 Å². The van der Waals surface area contributed by atoms with Crippen molar-refractivity contribution in [3.8, 4) is 0 Å². The van der Waals surface area contributed by atoms with Gasteiger partial charge >= 0.3 is 11.9 Å². The van der Waals surface area contributed by atoms with E-state index in [0.717, 1.165) is 44.3 Å². The predicted octanol–water partition coefficient (Wildman–Crippen LogP) is 5.42. The Morgan fingerprint density at radius 2 is 1.94 bits per heavy atom. The lowest BCUT2D eigenvalue weighted by atomic mass is 9.66. The Bertz CT molecular complexity index is 1410. The average molecular weight is 491 g/mol. The van der Waals surface area contributed by atoms with Crippen LogP contribution in [-0.2, 0) is 20.7 Å². The molecule has 5 heterocycles. The fraction of sp³-hybridized carbons (Fsp3) is 0.357. The van der Waals surface area contributed by atoms with Gasteiger partial charge in [-0.05, 0) is 56.0 Å². The van der Waals surface area contributed by atoms with Crippen molar-refractivity contribution in [2.45, 2.75) is 44.9 Å². The average Bonchev–Trinajstić information content (AvgIpc) is 3.38. The van der Waals surface area contributed by atoms with Crippen LogP contribution in [0.1, 0.15) is 65.7 Å². The van der Waals surface area contributed by atoms with E-state index in [1.807, 2.05) is 12.1 Å². The molecule has 0 spiro atoms. The van der Waals surface area contributed by atoms with Crippen molar-refractivity contribution in [2.24, 2.45) is 5.41 Å². The summed E-state index contributed by atoms with van der Waals surface area (Å²) in [6, 6.07) is 15.7. The van der Waals surface area contributed by atoms with Gasteiger partial charge in [-0.25, -0.2) is 9.59 Å². The van der Waals surface area contributed by atoms with Crippen molar-refractivity contribution >= 4 is 40.9 Å². The first-order valence-corrected chi connectivity index (χ1v) is 12.2. The normalized spacial score (nSPS) is 26.3. The van der Waals surface area contributed by atoms with Crippen LogP contribution in [-0.4, -0.2) is 34.5 Å². The Hall–Kier alpha value is -3.09. The molecule has 4 aliphatic heterocycles. The number of hydrogen-bond donors (Lipinski definition) is 0. The van der Waals surface area contributed by atoms with E-state index in [2.05, 4.69) is 40.7 Å². The predicted molar refractivity (Wildman–Crippen MR) is 134 cm³/mol. The highest BCUT2D eigenvalue weighted by Crippen LogP contribution is 2.57. The molecule has 180 valence electrons. The number of piperidine rings is 1. The third-order valence-electron chi connectivity index (χ3n) is 8.32. The maximum absolute atomic E-state index is 13.8. The second kappa shape index (κ2) is 7.97. The van der Waals surface area contributed by atoms with Crippen LogP contribution < -0.4 is 0 Å². The van der Waals surface area contributed by atoms with Crippen LogP contribution in [0, 0.1) is 5.41 Å². The van der Waals surface area contributed by atoms with E-state index in [4.69, 9.17) is 9.47 Å². The SMILES string of the molecule is CC[C@@]12C=C(C(=O)OC3OC(=O)c4ccccc43)n3c4c(c5ccccc53)CCN(CCC1)[C@H]42.Cl. The molecule has 1 saturated heterocycles. The van der Waals surface area contributed by atoms with Gasteiger partial charge in [0, 0.05) is 28.6 Å². The maximum Gasteiger partial charge on any atom is 0.358 e. The molecule has 7 rings (SSSR count). The Kier molecular flexibility index (Phi) is 5.09. The first kappa shape index (κ1) is 22.4. The summed E-state index contributed by atoms with van der Waals surface area (Å²) in [5, 5.41) is 1.21. The molecule has 2 aromatic carbocycles. The van der Waals surface area contributed by atoms with Gasteiger partial charge in [-0.15, -0.1) is 12.4 Å². The highest BCUT2D eigenvalue weighted by molar-refractivity contribution is 6.13. The van der Waals surface area contributed by atoms with Crippen molar-refractivity contribution < 1.29 is 19.1 Å². The van der Waals surface area contributed by atoms with Gasteiger partial charge in [-0.1, -0.05) is 43.3 Å². The van der Waals surface area contributed by atoms with Crippen LogP contribution in [0.3, 0.4) is 0 Å². The van der Waals surface area contributed by atoms with Crippen LogP contribution >= 0.6 is 12.4 Å². The third-order valence-corrected chi connectivity index (χ3v) is 8.32. The fourth-order valence-electron chi connectivity index (χ4n) is 6.79. The molecule has 35 heavy (non-hydrogen) atoms. The van der Waals surface area contributed by atoms with Gasteiger partial charge in [0.05, 0.1) is 17.1 Å². The second-order valence-corrected chi connectivity index (χ2v) is 9.85. The molecular weight excluding hydrogens is 464 g/mol. The highest BCUT2D eigenvalue weighted by atomic mass is 35.5. The Morgan fingerprint density at radius 1 is 1.14 bits per heavy atom. The summed E-state index contributed by atoms with van der Waals surface area (Å²) in [6.45, 7) is 4.37. The number of benzene rings is 2. The standard InChI is InChI=1S/C28H26N2O4.ClH/c1-2-28-13-7-14-29-15-12-18-17-8-5-6-11-21(17)30(23(18)24(28)29)22(16-28)26(32)34-27-20-10-4-3-9-19(20)25(31)33-27;/h3-6,8-11,16,24,27H,2,7,12-15H2,1H3;1H/t24-,27?,28+;/m1./s1. The van der Waals surface area contributed by atoms with Crippen LogP contribution in [0.15, 0.2) is 54.6 Å². The van der Waals surface area contributed by atoms with Crippen molar-refractivity contribution in [2.75, 3.05) is 13.1 Å². The number of para-hydroxylation sites is 1. The molecule has 0 radical (unpaired) electrons. The molecular formula is C28H27ClN2O4. The first-order chi connectivity index (χ1) is 16.6. The number of carbonyl (C=O) groups is 2. The zero-order valence-electron chi connectivity index (χ0n) is 19.5. The van der Waals surface area contributed by atoms with Gasteiger partial charge in [-0.3, -0.25) is 4.90 Å². The Morgan fingerprint density at radius 3 is 2.80 bits per heavy atom. The minimum Gasteiger partial charge on any atom is -0.417 e. The molecule has 0 amide bonds. The molecule has 3 atom stereocenters. The Labute approximate surface area is 209 Å². The summed E-state index contributed by atoms with van der Waals surface area (Å²) in [5.74, 6) is -0.908. The summed E-state index contributed by atoms with van der Waals surface area (Å²) < 4.78 is 13.5. The number of cyclic esters (lactones) is 1. The number of halogens is 1. The van der Waals surface area contributed by atoms with E-state index in [9.17, 15) is 9.59 Å². The molecule has 7 heteroatoms. The molecule has 0 bridgehead atoms. The lowest BCUT2D eigenvalue weighted by Crippen LogP contribution is -2.51. The number of ether oxygens (including phenoxy) is 2. The minimum absolute atomic E-state index is 0. The molecule has 1 unspecified atom stereocenters. The van der Waals surface area contributed by atoms with Gasteiger partial charge in [0.25, 0.3) is 6.29 Å². The van der Waals surface area contributed by atoms with Crippen LogP contribution in [0.25, 0.3) is 16.6 Å². The molecule has 0 aliphatic carbocycles. The third kappa shape index (κ3) is 2.99. The molecule has 1 fully saturated rings. The van der Waals surface area contributed by atoms with Gasteiger partial charge in [0.15, 0.2) is 0 Å². The van der Waals surface area contributed by atoms with Crippen molar-refractivity contribution in [3.05, 3.63) is 77.0 Å². The van der Waals surface area contributed by atoms with E-state index in [-0.39, 0.29) is 23.9 Å². The number of nitrogens with zero attached hydrogens (tertiary/aromatic N) is 2. The van der Waals surface area contributed by atoms with Crippen molar-refractivity contribution in [1.82, 2.24) is 9.47 Å². The smallest absolute Gasteiger partial charge is 0.358 e. The van der Waals surface area contributed by atoms with Crippen molar-refractivity contribution in [3.63, 3.8) is 0 Å². The number of hydrogen-bond acceptors (Lipinski definition) is 5.